The van der Waals surface area contributed by atoms with Gasteiger partial charge in [0.15, 0.2) is 0 Å². The minimum absolute atomic E-state index is 0.242. The van der Waals surface area contributed by atoms with Crippen molar-refractivity contribution in [3.8, 4) is 0 Å². The number of hydrogen-bond acceptors (Lipinski definition) is 4. The minimum Gasteiger partial charge on any atom is -0.378 e. The van der Waals surface area contributed by atoms with Crippen molar-refractivity contribution in [1.29, 1.82) is 0 Å². The number of fused-ring (bicyclic) bond motifs is 1. The number of aromatic nitrogens is 4. The van der Waals surface area contributed by atoms with Gasteiger partial charge in [0.05, 0.1) is 17.9 Å². The molecular formula is C12H18N6. The number of hydrogen-bond donors (Lipinski definition) is 2. The zero-order valence-corrected chi connectivity index (χ0v) is 10.9. The summed E-state index contributed by atoms with van der Waals surface area (Å²) in [6.45, 7) is 2.98. The van der Waals surface area contributed by atoms with E-state index in [1.807, 2.05) is 35.9 Å². The second-order valence-electron chi connectivity index (χ2n) is 4.67. The van der Waals surface area contributed by atoms with Gasteiger partial charge in [0, 0.05) is 32.4 Å². The lowest BCUT2D eigenvalue weighted by molar-refractivity contribution is 0.722. The maximum atomic E-state index is 4.51. The molecule has 2 aromatic heterocycles. The molecule has 0 aliphatic carbocycles. The van der Waals surface area contributed by atoms with Crippen molar-refractivity contribution in [3.63, 3.8) is 0 Å². The van der Waals surface area contributed by atoms with Gasteiger partial charge in [-0.3, -0.25) is 9.36 Å². The molecule has 0 aromatic carbocycles. The Morgan fingerprint density at radius 3 is 2.94 bits per heavy atom. The Hall–Kier alpha value is -1.98. The molecule has 0 bridgehead atoms. The summed E-state index contributed by atoms with van der Waals surface area (Å²) in [5.41, 5.74) is 3.44. The van der Waals surface area contributed by atoms with Crippen LogP contribution >= 0.6 is 0 Å². The Kier molecular flexibility index (Phi) is 2.50. The summed E-state index contributed by atoms with van der Waals surface area (Å²) in [4.78, 5) is 0. The van der Waals surface area contributed by atoms with Gasteiger partial charge in [0.25, 0.3) is 0 Å². The molecule has 1 aliphatic heterocycles. The van der Waals surface area contributed by atoms with E-state index in [1.165, 1.54) is 5.56 Å². The molecule has 3 rings (SSSR count). The lowest BCUT2D eigenvalue weighted by atomic mass is 10.1. The third-order valence-electron chi connectivity index (χ3n) is 3.38. The number of nitrogens with zero attached hydrogens (tertiary/aromatic N) is 4. The molecule has 6 heteroatoms. The van der Waals surface area contributed by atoms with Gasteiger partial charge in [-0.05, 0) is 6.42 Å². The normalized spacial score (nSPS) is 18.1. The maximum absolute atomic E-state index is 4.51. The summed E-state index contributed by atoms with van der Waals surface area (Å²) in [6.07, 6.45) is 4.89. The largest absolute Gasteiger partial charge is 0.378 e. The molecule has 0 fully saturated rings. The van der Waals surface area contributed by atoms with E-state index < -0.39 is 0 Å². The predicted octanol–water partition coefficient (Wildman–Crippen LogP) is 1.29. The van der Waals surface area contributed by atoms with Crippen molar-refractivity contribution < 1.29 is 0 Å². The topological polar surface area (TPSA) is 59.7 Å². The zero-order chi connectivity index (χ0) is 12.7. The summed E-state index contributed by atoms with van der Waals surface area (Å²) in [5.74, 6) is 1.06. The Labute approximate surface area is 106 Å². The van der Waals surface area contributed by atoms with Crippen LogP contribution in [0.2, 0.25) is 0 Å². The molecule has 0 saturated carbocycles. The van der Waals surface area contributed by atoms with Gasteiger partial charge in [-0.25, -0.2) is 0 Å². The van der Waals surface area contributed by atoms with Crippen molar-refractivity contribution in [2.24, 2.45) is 14.1 Å². The average Bonchev–Trinajstić information content (AvgIpc) is 2.94. The molecule has 2 N–H and O–H groups in total. The number of rotatable bonds is 2. The second-order valence-corrected chi connectivity index (χ2v) is 4.67. The Bertz CT molecular complexity index is 567. The van der Waals surface area contributed by atoms with Crippen molar-refractivity contribution in [2.45, 2.75) is 19.4 Å². The monoisotopic (exact) mass is 246 g/mol. The van der Waals surface area contributed by atoms with E-state index >= 15 is 0 Å². The van der Waals surface area contributed by atoms with Crippen molar-refractivity contribution in [2.75, 3.05) is 17.2 Å². The van der Waals surface area contributed by atoms with E-state index in [0.717, 1.165) is 30.2 Å². The average molecular weight is 246 g/mol. The van der Waals surface area contributed by atoms with Crippen LogP contribution in [0.15, 0.2) is 12.4 Å². The van der Waals surface area contributed by atoms with Crippen LogP contribution < -0.4 is 10.6 Å². The molecule has 1 atom stereocenters. The molecule has 1 aliphatic rings. The van der Waals surface area contributed by atoms with E-state index in [2.05, 4.69) is 27.8 Å². The first kappa shape index (κ1) is 11.1. The quantitative estimate of drug-likeness (QED) is 0.838. The molecule has 0 amide bonds. The van der Waals surface area contributed by atoms with E-state index in [1.54, 1.807) is 0 Å². The van der Waals surface area contributed by atoms with E-state index in [4.69, 9.17) is 0 Å². The molecule has 1 unspecified atom stereocenters. The predicted molar refractivity (Wildman–Crippen MR) is 70.6 cm³/mol. The van der Waals surface area contributed by atoms with Crippen LogP contribution in [0.25, 0.3) is 0 Å². The van der Waals surface area contributed by atoms with Crippen LogP contribution in [-0.2, 0) is 20.5 Å². The second kappa shape index (κ2) is 4.04. The van der Waals surface area contributed by atoms with E-state index in [-0.39, 0.29) is 6.04 Å². The highest BCUT2D eigenvalue weighted by Crippen LogP contribution is 2.33. The molecule has 3 heterocycles. The number of nitrogens with one attached hydrogen (secondary N) is 2. The van der Waals surface area contributed by atoms with Crippen LogP contribution in [0.3, 0.4) is 0 Å². The number of aryl methyl sites for hydroxylation is 3. The van der Waals surface area contributed by atoms with Crippen LogP contribution in [0.5, 0.6) is 0 Å². The Morgan fingerprint density at radius 1 is 1.44 bits per heavy atom. The Morgan fingerprint density at radius 2 is 2.28 bits per heavy atom. The van der Waals surface area contributed by atoms with Gasteiger partial charge in [0.1, 0.15) is 11.5 Å². The van der Waals surface area contributed by atoms with Gasteiger partial charge in [-0.1, -0.05) is 6.92 Å². The molecule has 0 spiro atoms. The zero-order valence-electron chi connectivity index (χ0n) is 10.9. The molecule has 0 radical (unpaired) electrons. The lowest BCUT2D eigenvalue weighted by Crippen LogP contribution is -2.26. The third-order valence-corrected chi connectivity index (χ3v) is 3.38. The summed E-state index contributed by atoms with van der Waals surface area (Å²) >= 11 is 0. The highest BCUT2D eigenvalue weighted by Gasteiger charge is 2.25. The first-order chi connectivity index (χ1) is 8.69. The number of anilines is 2. The summed E-state index contributed by atoms with van der Waals surface area (Å²) < 4.78 is 3.73. The minimum atomic E-state index is 0.242. The third kappa shape index (κ3) is 1.64. The fraction of sp³-hybridized carbons (Fsp3) is 0.500. The van der Waals surface area contributed by atoms with Crippen LogP contribution in [0.4, 0.5) is 11.5 Å². The first-order valence-corrected chi connectivity index (χ1v) is 6.24. The van der Waals surface area contributed by atoms with Crippen LogP contribution in [0, 0.1) is 0 Å². The van der Waals surface area contributed by atoms with Gasteiger partial charge in [-0.2, -0.15) is 10.2 Å². The summed E-state index contributed by atoms with van der Waals surface area (Å²) in [7, 11) is 3.91. The van der Waals surface area contributed by atoms with Crippen LogP contribution in [-0.4, -0.2) is 26.1 Å². The first-order valence-electron chi connectivity index (χ1n) is 6.24. The molecule has 96 valence electrons. The van der Waals surface area contributed by atoms with Crippen molar-refractivity contribution >= 4 is 11.5 Å². The summed E-state index contributed by atoms with van der Waals surface area (Å²) in [5, 5.41) is 15.7. The highest BCUT2D eigenvalue weighted by atomic mass is 15.4. The standard InChI is InChI=1S/C12H18N6/c1-4-9-11-12(18(3)16-9)15-10(6-13-11)8-5-14-17(2)7-8/h5,7,10,13,15H,4,6H2,1-3H3. The molecule has 0 saturated heterocycles. The van der Waals surface area contributed by atoms with Crippen molar-refractivity contribution in [3.05, 3.63) is 23.7 Å². The molecule has 18 heavy (non-hydrogen) atoms. The van der Waals surface area contributed by atoms with E-state index in [9.17, 15) is 0 Å². The van der Waals surface area contributed by atoms with Crippen molar-refractivity contribution in [1.82, 2.24) is 19.6 Å². The molecule has 2 aromatic rings. The highest BCUT2D eigenvalue weighted by molar-refractivity contribution is 5.71. The smallest absolute Gasteiger partial charge is 0.148 e. The summed E-state index contributed by atoms with van der Waals surface area (Å²) in [6, 6.07) is 0.242. The van der Waals surface area contributed by atoms with Crippen LogP contribution in [0.1, 0.15) is 24.2 Å². The fourth-order valence-electron chi connectivity index (χ4n) is 2.42. The van der Waals surface area contributed by atoms with Gasteiger partial charge in [-0.15, -0.1) is 0 Å². The van der Waals surface area contributed by atoms with Gasteiger partial charge < -0.3 is 10.6 Å². The van der Waals surface area contributed by atoms with Gasteiger partial charge in [0.2, 0.25) is 0 Å². The SMILES string of the molecule is CCc1nn(C)c2c1NCC(c1cnn(C)c1)N2. The van der Waals surface area contributed by atoms with Gasteiger partial charge >= 0.3 is 0 Å². The Balaban J connectivity index is 1.91. The fourth-order valence-corrected chi connectivity index (χ4v) is 2.42. The molecule has 6 nitrogen and oxygen atoms in total. The van der Waals surface area contributed by atoms with E-state index in [0.29, 0.717) is 0 Å². The lowest BCUT2D eigenvalue weighted by Gasteiger charge is -2.26. The molecular weight excluding hydrogens is 228 g/mol. The maximum Gasteiger partial charge on any atom is 0.148 e.